The van der Waals surface area contributed by atoms with E-state index < -0.39 is 0 Å². The molecular weight excluding hydrogens is 298 g/mol. The highest BCUT2D eigenvalue weighted by Gasteiger charge is 2.40. The van der Waals surface area contributed by atoms with E-state index >= 15 is 0 Å². The Morgan fingerprint density at radius 2 is 2.09 bits per heavy atom. The number of fused-ring (bicyclic) bond motifs is 2. The zero-order chi connectivity index (χ0) is 15.9. The van der Waals surface area contributed by atoms with Gasteiger partial charge in [-0.05, 0) is 51.0 Å². The molecule has 0 saturated heterocycles. The van der Waals surface area contributed by atoms with Crippen LogP contribution in [0.25, 0.3) is 0 Å². The van der Waals surface area contributed by atoms with E-state index in [-0.39, 0.29) is 17.8 Å². The minimum Gasteiger partial charge on any atom is -0.462 e. The minimum absolute atomic E-state index is 0.0312. The molecule has 3 rings (SSSR count). The second-order valence-electron chi connectivity index (χ2n) is 6.08. The van der Waals surface area contributed by atoms with Gasteiger partial charge in [-0.1, -0.05) is 12.2 Å². The number of thiophene rings is 1. The van der Waals surface area contributed by atoms with Crippen LogP contribution in [-0.2, 0) is 9.53 Å². The Labute approximate surface area is 134 Å². The van der Waals surface area contributed by atoms with Crippen LogP contribution in [0.4, 0.5) is 5.00 Å². The lowest BCUT2D eigenvalue weighted by Crippen LogP contribution is -2.26. The van der Waals surface area contributed by atoms with E-state index in [9.17, 15) is 9.59 Å². The number of allylic oxidation sites excluding steroid dienone is 2. The predicted molar refractivity (Wildman–Crippen MR) is 87.2 cm³/mol. The number of hydrogen-bond donors (Lipinski definition) is 1. The average molecular weight is 319 g/mol. The third kappa shape index (κ3) is 2.58. The number of anilines is 1. The molecule has 22 heavy (non-hydrogen) atoms. The molecule has 1 N–H and O–H groups in total. The minimum atomic E-state index is -0.354. The van der Waals surface area contributed by atoms with Gasteiger partial charge in [0.2, 0.25) is 5.91 Å². The highest BCUT2D eigenvalue weighted by atomic mass is 32.1. The Hall–Kier alpha value is -1.62. The lowest BCUT2D eigenvalue weighted by atomic mass is 9.93. The van der Waals surface area contributed by atoms with E-state index in [0.717, 1.165) is 23.3 Å². The molecule has 0 radical (unpaired) electrons. The first-order valence-corrected chi connectivity index (χ1v) is 8.59. The summed E-state index contributed by atoms with van der Waals surface area (Å²) in [6.45, 7) is 5.97. The lowest BCUT2D eigenvalue weighted by Gasteiger charge is -2.17. The summed E-state index contributed by atoms with van der Waals surface area (Å²) < 4.78 is 5.12. The molecular formula is C17H21NO3S. The third-order valence-corrected chi connectivity index (χ3v) is 5.84. The Morgan fingerprint density at radius 3 is 2.68 bits per heavy atom. The summed E-state index contributed by atoms with van der Waals surface area (Å²) in [6.07, 6.45) is 6.39. The second kappa shape index (κ2) is 5.88. The number of carbonyl (C=O) groups excluding carboxylic acids is 2. The van der Waals surface area contributed by atoms with Crippen molar-refractivity contribution in [2.24, 2.45) is 17.8 Å². The molecule has 0 aliphatic heterocycles. The van der Waals surface area contributed by atoms with Crippen LogP contribution in [0, 0.1) is 31.6 Å². The van der Waals surface area contributed by atoms with Crippen LogP contribution in [0.3, 0.4) is 0 Å². The van der Waals surface area contributed by atoms with Gasteiger partial charge in [0.25, 0.3) is 0 Å². The molecule has 0 spiro atoms. The van der Waals surface area contributed by atoms with E-state index in [2.05, 4.69) is 17.5 Å². The van der Waals surface area contributed by atoms with E-state index in [1.54, 1.807) is 6.92 Å². The van der Waals surface area contributed by atoms with Gasteiger partial charge >= 0.3 is 5.97 Å². The van der Waals surface area contributed by atoms with Crippen molar-refractivity contribution in [1.29, 1.82) is 0 Å². The topological polar surface area (TPSA) is 55.4 Å². The molecule has 2 aliphatic carbocycles. The fourth-order valence-electron chi connectivity index (χ4n) is 3.45. The average Bonchev–Trinajstić information content (AvgIpc) is 3.15. The Bertz CT molecular complexity index is 647. The van der Waals surface area contributed by atoms with Crippen molar-refractivity contribution < 1.29 is 14.3 Å². The number of amides is 1. The summed E-state index contributed by atoms with van der Waals surface area (Å²) in [4.78, 5) is 25.8. The maximum Gasteiger partial charge on any atom is 0.341 e. The Morgan fingerprint density at radius 1 is 1.32 bits per heavy atom. The molecule has 2 aliphatic rings. The van der Waals surface area contributed by atoms with Crippen LogP contribution >= 0.6 is 11.3 Å². The number of carbonyl (C=O) groups is 2. The van der Waals surface area contributed by atoms with Crippen molar-refractivity contribution in [3.8, 4) is 0 Å². The summed E-state index contributed by atoms with van der Waals surface area (Å²) in [5.74, 6) is 0.624. The molecule has 3 atom stereocenters. The number of rotatable bonds is 4. The van der Waals surface area contributed by atoms with Crippen molar-refractivity contribution in [2.45, 2.75) is 33.6 Å². The first-order chi connectivity index (χ1) is 10.5. The van der Waals surface area contributed by atoms with Gasteiger partial charge in [0.15, 0.2) is 0 Å². The van der Waals surface area contributed by atoms with E-state index in [1.807, 2.05) is 13.8 Å². The van der Waals surface area contributed by atoms with Gasteiger partial charge < -0.3 is 10.1 Å². The van der Waals surface area contributed by atoms with Crippen LogP contribution in [0.5, 0.6) is 0 Å². The van der Waals surface area contributed by atoms with Crippen LogP contribution in [0.1, 0.15) is 40.6 Å². The van der Waals surface area contributed by atoms with Crippen molar-refractivity contribution in [3.63, 3.8) is 0 Å². The van der Waals surface area contributed by atoms with Crippen molar-refractivity contribution in [2.75, 3.05) is 11.9 Å². The van der Waals surface area contributed by atoms with Gasteiger partial charge in [-0.25, -0.2) is 4.79 Å². The number of esters is 1. The quantitative estimate of drug-likeness (QED) is 0.680. The second-order valence-corrected chi connectivity index (χ2v) is 7.31. The SMILES string of the molecule is CCOC(=O)c1c(NC(=O)[C@H]2C[C@@H]3C=C[C@@H]2C3)sc(C)c1C. The molecule has 1 fully saturated rings. The van der Waals surface area contributed by atoms with Gasteiger partial charge in [0.05, 0.1) is 12.2 Å². The molecule has 5 heteroatoms. The standard InChI is InChI=1S/C17H21NO3S/c1-4-21-17(20)14-9(2)10(3)22-16(14)18-15(19)13-8-11-5-6-12(13)7-11/h5-6,11-13H,4,7-8H2,1-3H3,(H,18,19)/t11-,12-,13+/m1/s1. The smallest absolute Gasteiger partial charge is 0.341 e. The number of ether oxygens (including phenoxy) is 1. The molecule has 4 nitrogen and oxygen atoms in total. The third-order valence-electron chi connectivity index (χ3n) is 4.72. The highest BCUT2D eigenvalue weighted by molar-refractivity contribution is 7.16. The van der Waals surface area contributed by atoms with E-state index in [1.165, 1.54) is 11.3 Å². The molecule has 1 heterocycles. The molecule has 2 bridgehead atoms. The van der Waals surface area contributed by atoms with Crippen LogP contribution in [0.15, 0.2) is 12.2 Å². The van der Waals surface area contributed by atoms with Gasteiger partial charge in [0, 0.05) is 10.8 Å². The van der Waals surface area contributed by atoms with E-state index in [4.69, 9.17) is 4.74 Å². The van der Waals surface area contributed by atoms with Gasteiger partial charge in [-0.3, -0.25) is 4.79 Å². The first-order valence-electron chi connectivity index (χ1n) is 7.77. The summed E-state index contributed by atoms with van der Waals surface area (Å²) in [6, 6.07) is 0. The maximum absolute atomic E-state index is 12.6. The Kier molecular flexibility index (Phi) is 4.08. The lowest BCUT2D eigenvalue weighted by molar-refractivity contribution is -0.120. The molecule has 1 saturated carbocycles. The van der Waals surface area contributed by atoms with Crippen LogP contribution in [0.2, 0.25) is 0 Å². The highest BCUT2D eigenvalue weighted by Crippen LogP contribution is 2.44. The normalized spacial score (nSPS) is 25.5. The van der Waals surface area contributed by atoms with Crippen LogP contribution < -0.4 is 5.32 Å². The van der Waals surface area contributed by atoms with E-state index in [0.29, 0.717) is 29.0 Å². The fourth-order valence-corrected chi connectivity index (χ4v) is 4.50. The molecule has 1 amide bonds. The molecule has 1 aromatic heterocycles. The maximum atomic E-state index is 12.6. The molecule has 0 aromatic carbocycles. The monoisotopic (exact) mass is 319 g/mol. The molecule has 0 unspecified atom stereocenters. The fraction of sp³-hybridized carbons (Fsp3) is 0.529. The van der Waals surface area contributed by atoms with Crippen molar-refractivity contribution in [1.82, 2.24) is 0 Å². The number of nitrogens with one attached hydrogen (secondary N) is 1. The largest absolute Gasteiger partial charge is 0.462 e. The molecule has 1 aromatic rings. The van der Waals surface area contributed by atoms with Gasteiger partial charge in [0.1, 0.15) is 5.00 Å². The predicted octanol–water partition coefficient (Wildman–Crippen LogP) is 3.69. The number of hydrogen-bond acceptors (Lipinski definition) is 4. The summed E-state index contributed by atoms with van der Waals surface area (Å²) in [7, 11) is 0. The summed E-state index contributed by atoms with van der Waals surface area (Å²) in [5.41, 5.74) is 1.41. The zero-order valence-corrected chi connectivity index (χ0v) is 14.0. The zero-order valence-electron chi connectivity index (χ0n) is 13.1. The summed E-state index contributed by atoms with van der Waals surface area (Å²) in [5, 5.41) is 3.61. The van der Waals surface area contributed by atoms with Gasteiger partial charge in [-0.15, -0.1) is 11.3 Å². The van der Waals surface area contributed by atoms with Crippen LogP contribution in [-0.4, -0.2) is 18.5 Å². The molecule has 118 valence electrons. The van der Waals surface area contributed by atoms with Gasteiger partial charge in [-0.2, -0.15) is 0 Å². The van der Waals surface area contributed by atoms with Crippen molar-refractivity contribution in [3.05, 3.63) is 28.2 Å². The van der Waals surface area contributed by atoms with Crippen molar-refractivity contribution >= 4 is 28.2 Å². The first kappa shape index (κ1) is 15.3. The Balaban J connectivity index is 1.80. The number of aryl methyl sites for hydroxylation is 1. The summed E-state index contributed by atoms with van der Waals surface area (Å²) >= 11 is 1.45.